The second kappa shape index (κ2) is 7.68. The zero-order chi connectivity index (χ0) is 14.4. The maximum absolute atomic E-state index is 12.2. The fourth-order valence-electron chi connectivity index (χ4n) is 1.54. The monoisotopic (exact) mass is 394 g/mol. The molecule has 1 aromatic rings. The van der Waals surface area contributed by atoms with Gasteiger partial charge in [0.2, 0.25) is 0 Å². The van der Waals surface area contributed by atoms with Gasteiger partial charge in [0.15, 0.2) is 0 Å². The minimum Gasteiger partial charge on any atom is -0.342 e. The molecule has 0 atom stereocenters. The van der Waals surface area contributed by atoms with Gasteiger partial charge in [-0.05, 0) is 47.1 Å². The van der Waals surface area contributed by atoms with Crippen LogP contribution in [0.4, 0.5) is 5.69 Å². The van der Waals surface area contributed by atoms with Crippen LogP contribution in [0.5, 0.6) is 0 Å². The first kappa shape index (κ1) is 16.2. The first-order valence-corrected chi connectivity index (χ1v) is 8.13. The van der Waals surface area contributed by atoms with Crippen molar-refractivity contribution in [3.63, 3.8) is 0 Å². The number of thioether (sulfide) groups is 1. The van der Waals surface area contributed by atoms with Crippen molar-refractivity contribution in [3.8, 4) is 0 Å². The van der Waals surface area contributed by atoms with Crippen molar-refractivity contribution in [2.45, 2.75) is 6.42 Å². The van der Waals surface area contributed by atoms with Crippen molar-refractivity contribution in [3.05, 3.63) is 37.4 Å². The standard InChI is InChI=1S/C12H15IN2O3S/c1-14(6-3-7-19-2)12(16)10-8-9(15(17)18)4-5-11(10)13/h4-5,8H,3,6-7H2,1-2H3. The number of rotatable bonds is 6. The number of hydrogen-bond acceptors (Lipinski definition) is 4. The van der Waals surface area contributed by atoms with Crippen molar-refractivity contribution < 1.29 is 9.72 Å². The van der Waals surface area contributed by atoms with Gasteiger partial charge < -0.3 is 4.90 Å². The zero-order valence-corrected chi connectivity index (χ0v) is 13.7. The van der Waals surface area contributed by atoms with E-state index >= 15 is 0 Å². The number of nitro groups is 1. The fraction of sp³-hybridized carbons (Fsp3) is 0.417. The Bertz CT molecular complexity index is 482. The molecule has 0 aromatic heterocycles. The number of amides is 1. The van der Waals surface area contributed by atoms with Crippen LogP contribution in [0.2, 0.25) is 0 Å². The summed E-state index contributed by atoms with van der Waals surface area (Å²) in [7, 11) is 1.72. The predicted molar refractivity (Wildman–Crippen MR) is 85.8 cm³/mol. The Balaban J connectivity index is 2.86. The zero-order valence-electron chi connectivity index (χ0n) is 10.8. The van der Waals surface area contributed by atoms with Gasteiger partial charge in [0.05, 0.1) is 10.5 Å². The number of nitro benzene ring substituents is 1. The average Bonchev–Trinajstić information content (AvgIpc) is 2.38. The molecule has 0 saturated heterocycles. The molecule has 19 heavy (non-hydrogen) atoms. The Morgan fingerprint density at radius 1 is 1.53 bits per heavy atom. The molecule has 0 aliphatic heterocycles. The van der Waals surface area contributed by atoms with Crippen molar-refractivity contribution in [2.24, 2.45) is 0 Å². The van der Waals surface area contributed by atoms with E-state index in [9.17, 15) is 14.9 Å². The number of carbonyl (C=O) groups excluding carboxylic acids is 1. The summed E-state index contributed by atoms with van der Waals surface area (Å²) in [6, 6.07) is 4.35. The largest absolute Gasteiger partial charge is 0.342 e. The molecule has 0 heterocycles. The Morgan fingerprint density at radius 2 is 2.21 bits per heavy atom. The molecule has 1 amide bonds. The van der Waals surface area contributed by atoms with Crippen LogP contribution in [0.15, 0.2) is 18.2 Å². The quantitative estimate of drug-likeness (QED) is 0.322. The third-order valence-corrected chi connectivity index (χ3v) is 4.22. The highest BCUT2D eigenvalue weighted by molar-refractivity contribution is 14.1. The number of non-ortho nitro benzene ring substituents is 1. The summed E-state index contributed by atoms with van der Waals surface area (Å²) >= 11 is 3.75. The van der Waals surface area contributed by atoms with Gasteiger partial charge in [-0.2, -0.15) is 11.8 Å². The topological polar surface area (TPSA) is 63.5 Å². The highest BCUT2D eigenvalue weighted by Gasteiger charge is 2.18. The molecule has 1 rings (SSSR count). The summed E-state index contributed by atoms with van der Waals surface area (Å²) in [6.45, 7) is 0.651. The van der Waals surface area contributed by atoms with E-state index in [-0.39, 0.29) is 11.6 Å². The van der Waals surface area contributed by atoms with Crippen LogP contribution in [0, 0.1) is 13.7 Å². The Kier molecular flexibility index (Phi) is 6.56. The first-order valence-electron chi connectivity index (χ1n) is 5.65. The molecule has 104 valence electrons. The van der Waals surface area contributed by atoms with Crippen LogP contribution in [-0.2, 0) is 0 Å². The van der Waals surface area contributed by atoms with Crippen LogP contribution in [0.25, 0.3) is 0 Å². The van der Waals surface area contributed by atoms with E-state index in [1.165, 1.54) is 12.1 Å². The number of nitrogens with zero attached hydrogens (tertiary/aromatic N) is 2. The maximum atomic E-state index is 12.2. The summed E-state index contributed by atoms with van der Waals surface area (Å²) in [4.78, 5) is 24.1. The average molecular weight is 394 g/mol. The maximum Gasteiger partial charge on any atom is 0.270 e. The normalized spacial score (nSPS) is 10.3. The van der Waals surface area contributed by atoms with E-state index in [1.807, 2.05) is 28.8 Å². The molecule has 0 spiro atoms. The first-order chi connectivity index (χ1) is 8.97. The SMILES string of the molecule is CSCCCN(C)C(=O)c1cc([N+](=O)[O-])ccc1I. The van der Waals surface area contributed by atoms with E-state index in [0.717, 1.165) is 15.7 Å². The van der Waals surface area contributed by atoms with Crippen molar-refractivity contribution in [2.75, 3.05) is 25.6 Å². The number of benzene rings is 1. The Morgan fingerprint density at radius 3 is 2.79 bits per heavy atom. The lowest BCUT2D eigenvalue weighted by Crippen LogP contribution is -2.28. The second-order valence-corrected chi connectivity index (χ2v) is 6.14. The Hall–Kier alpha value is -0.830. The summed E-state index contributed by atoms with van der Waals surface area (Å²) in [6.07, 6.45) is 2.93. The minimum absolute atomic E-state index is 0.0544. The molecule has 0 unspecified atom stereocenters. The highest BCUT2D eigenvalue weighted by Crippen LogP contribution is 2.20. The van der Waals surface area contributed by atoms with Crippen LogP contribution in [0.1, 0.15) is 16.8 Å². The third kappa shape index (κ3) is 4.64. The number of carbonyl (C=O) groups is 1. The van der Waals surface area contributed by atoms with E-state index in [1.54, 1.807) is 29.8 Å². The van der Waals surface area contributed by atoms with Gasteiger partial charge in [-0.1, -0.05) is 0 Å². The summed E-state index contributed by atoms with van der Waals surface area (Å²) in [5.41, 5.74) is 0.336. The Labute approximate surface area is 130 Å². The van der Waals surface area contributed by atoms with Crippen LogP contribution in [-0.4, -0.2) is 41.3 Å². The lowest BCUT2D eigenvalue weighted by Gasteiger charge is -2.17. The number of hydrogen-bond donors (Lipinski definition) is 0. The van der Waals surface area contributed by atoms with Crippen molar-refractivity contribution >= 4 is 45.9 Å². The predicted octanol–water partition coefficient (Wildman–Crippen LogP) is 3.02. The molecule has 1 aromatic carbocycles. The summed E-state index contributed by atoms with van der Waals surface area (Å²) < 4.78 is 0.727. The molecule has 0 bridgehead atoms. The molecule has 0 saturated carbocycles. The molecule has 5 nitrogen and oxygen atoms in total. The van der Waals surface area contributed by atoms with Gasteiger partial charge in [-0.15, -0.1) is 0 Å². The summed E-state index contributed by atoms with van der Waals surface area (Å²) in [5.74, 6) is 0.818. The highest BCUT2D eigenvalue weighted by atomic mass is 127. The van der Waals surface area contributed by atoms with E-state index < -0.39 is 4.92 Å². The third-order valence-electron chi connectivity index (χ3n) is 2.58. The van der Waals surface area contributed by atoms with Gasteiger partial charge in [-0.3, -0.25) is 14.9 Å². The molecule has 0 radical (unpaired) electrons. The molecule has 0 aliphatic carbocycles. The molecule has 0 N–H and O–H groups in total. The molecule has 7 heteroatoms. The molecule has 0 aliphatic rings. The van der Waals surface area contributed by atoms with Crippen LogP contribution in [0.3, 0.4) is 0 Å². The van der Waals surface area contributed by atoms with Crippen molar-refractivity contribution in [1.82, 2.24) is 4.90 Å². The molecular weight excluding hydrogens is 379 g/mol. The van der Waals surface area contributed by atoms with E-state index in [2.05, 4.69) is 0 Å². The second-order valence-electron chi connectivity index (χ2n) is 3.99. The lowest BCUT2D eigenvalue weighted by atomic mass is 10.2. The van der Waals surface area contributed by atoms with Gasteiger partial charge >= 0.3 is 0 Å². The van der Waals surface area contributed by atoms with Gasteiger partial charge in [-0.25, -0.2) is 0 Å². The van der Waals surface area contributed by atoms with Crippen LogP contribution >= 0.6 is 34.4 Å². The molecular formula is C12H15IN2O3S. The minimum atomic E-state index is -0.486. The smallest absolute Gasteiger partial charge is 0.270 e. The fourth-order valence-corrected chi connectivity index (χ4v) is 2.53. The number of halogens is 1. The van der Waals surface area contributed by atoms with Crippen molar-refractivity contribution in [1.29, 1.82) is 0 Å². The summed E-state index contributed by atoms with van der Waals surface area (Å²) in [5, 5.41) is 10.7. The lowest BCUT2D eigenvalue weighted by molar-refractivity contribution is -0.384. The van der Waals surface area contributed by atoms with E-state index in [0.29, 0.717) is 12.1 Å². The van der Waals surface area contributed by atoms with Gasteiger partial charge in [0.1, 0.15) is 0 Å². The molecule has 0 fully saturated rings. The van der Waals surface area contributed by atoms with Crippen LogP contribution < -0.4 is 0 Å². The van der Waals surface area contributed by atoms with Gasteiger partial charge in [0, 0.05) is 29.3 Å². The van der Waals surface area contributed by atoms with E-state index in [4.69, 9.17) is 0 Å². The van der Waals surface area contributed by atoms with Gasteiger partial charge in [0.25, 0.3) is 11.6 Å².